The van der Waals surface area contributed by atoms with Crippen LogP contribution in [0.2, 0.25) is 0 Å². The molecule has 1 amide bonds. The zero-order chi connectivity index (χ0) is 18.9. The molecule has 2 aliphatic rings. The van der Waals surface area contributed by atoms with Gasteiger partial charge in [0.15, 0.2) is 0 Å². The number of nitrogens with one attached hydrogen (secondary N) is 1. The summed E-state index contributed by atoms with van der Waals surface area (Å²) < 4.78 is 27.1. The Morgan fingerprint density at radius 2 is 1.81 bits per heavy atom. The number of rotatable bonds is 5. The summed E-state index contributed by atoms with van der Waals surface area (Å²) in [6, 6.07) is 4.44. The smallest absolute Gasteiger partial charge is 0.306 e. The highest BCUT2D eigenvalue weighted by molar-refractivity contribution is 7.89. The lowest BCUT2D eigenvalue weighted by Crippen LogP contribution is -2.46. The predicted molar refractivity (Wildman–Crippen MR) is 95.4 cm³/mol. The van der Waals surface area contributed by atoms with Crippen molar-refractivity contribution >= 4 is 21.9 Å². The molecular formula is C18H24N2O5S. The molecule has 7 nitrogen and oxygen atoms in total. The van der Waals surface area contributed by atoms with E-state index in [9.17, 15) is 18.0 Å². The standard InChI is InChI=1S/C18H24N2O5S/c1-12-5-6-15(26(24,25)20-7-3-2-4-8-20)11-16(12)17(21)19-14-9-13(10-14)18(22)23/h5-6,11,13-14H,2-4,7-10H2,1H3,(H,19,21)(H,22,23). The lowest BCUT2D eigenvalue weighted by molar-refractivity contribution is -0.145. The van der Waals surface area contributed by atoms with Crippen molar-refractivity contribution in [3.05, 3.63) is 29.3 Å². The van der Waals surface area contributed by atoms with Gasteiger partial charge >= 0.3 is 5.97 Å². The van der Waals surface area contributed by atoms with Crippen LogP contribution in [-0.4, -0.2) is 48.8 Å². The molecule has 0 radical (unpaired) electrons. The van der Waals surface area contributed by atoms with Crippen molar-refractivity contribution < 1.29 is 23.1 Å². The van der Waals surface area contributed by atoms with Crippen LogP contribution in [0.15, 0.2) is 23.1 Å². The minimum absolute atomic E-state index is 0.132. The Morgan fingerprint density at radius 3 is 2.42 bits per heavy atom. The third kappa shape index (κ3) is 3.76. The molecule has 1 aliphatic carbocycles. The van der Waals surface area contributed by atoms with Gasteiger partial charge in [-0.3, -0.25) is 9.59 Å². The number of carboxylic acids is 1. The van der Waals surface area contributed by atoms with Crippen LogP contribution in [-0.2, 0) is 14.8 Å². The number of hydrogen-bond donors (Lipinski definition) is 2. The van der Waals surface area contributed by atoms with E-state index in [2.05, 4.69) is 5.32 Å². The minimum atomic E-state index is -3.60. The highest BCUT2D eigenvalue weighted by Gasteiger charge is 2.35. The molecule has 1 aromatic rings. The first-order chi connectivity index (χ1) is 12.3. The molecular weight excluding hydrogens is 356 g/mol. The van der Waals surface area contributed by atoms with Gasteiger partial charge in [-0.15, -0.1) is 0 Å². The zero-order valence-corrected chi connectivity index (χ0v) is 15.6. The van der Waals surface area contributed by atoms with Crippen LogP contribution in [0.5, 0.6) is 0 Å². The van der Waals surface area contributed by atoms with E-state index in [1.54, 1.807) is 19.1 Å². The summed E-state index contributed by atoms with van der Waals surface area (Å²) in [7, 11) is -3.60. The number of benzene rings is 1. The van der Waals surface area contributed by atoms with Gasteiger partial charge in [0.05, 0.1) is 10.8 Å². The number of carbonyl (C=O) groups is 2. The fourth-order valence-electron chi connectivity index (χ4n) is 3.46. The van der Waals surface area contributed by atoms with E-state index >= 15 is 0 Å². The van der Waals surface area contributed by atoms with E-state index in [0.29, 0.717) is 37.1 Å². The van der Waals surface area contributed by atoms with Gasteiger partial charge in [-0.2, -0.15) is 4.31 Å². The first kappa shape index (κ1) is 18.8. The molecule has 0 spiro atoms. The molecule has 2 fully saturated rings. The van der Waals surface area contributed by atoms with Gasteiger partial charge in [0.2, 0.25) is 10.0 Å². The number of amides is 1. The Morgan fingerprint density at radius 1 is 1.15 bits per heavy atom. The molecule has 0 bridgehead atoms. The molecule has 0 atom stereocenters. The number of carbonyl (C=O) groups excluding carboxylic acids is 1. The van der Waals surface area contributed by atoms with Crippen LogP contribution in [0.4, 0.5) is 0 Å². The first-order valence-corrected chi connectivity index (χ1v) is 10.4. The van der Waals surface area contributed by atoms with Crippen LogP contribution in [0.25, 0.3) is 0 Å². The Bertz CT molecular complexity index is 809. The van der Waals surface area contributed by atoms with Gasteiger partial charge in [0.1, 0.15) is 0 Å². The van der Waals surface area contributed by atoms with Crippen molar-refractivity contribution in [2.75, 3.05) is 13.1 Å². The SMILES string of the molecule is Cc1ccc(S(=O)(=O)N2CCCCC2)cc1C(=O)NC1CC(C(=O)O)C1. The summed E-state index contributed by atoms with van der Waals surface area (Å²) in [5, 5.41) is 11.7. The average molecular weight is 380 g/mol. The molecule has 142 valence electrons. The van der Waals surface area contributed by atoms with E-state index in [4.69, 9.17) is 5.11 Å². The molecule has 1 aliphatic heterocycles. The van der Waals surface area contributed by atoms with E-state index in [-0.39, 0.29) is 16.8 Å². The van der Waals surface area contributed by atoms with Crippen molar-refractivity contribution in [1.82, 2.24) is 9.62 Å². The highest BCUT2D eigenvalue weighted by atomic mass is 32.2. The van der Waals surface area contributed by atoms with Gasteiger partial charge in [-0.05, 0) is 50.3 Å². The number of carboxylic acid groups (broad SMARTS) is 1. The monoisotopic (exact) mass is 380 g/mol. The number of aliphatic carboxylic acids is 1. The van der Waals surface area contributed by atoms with Crippen molar-refractivity contribution in [3.63, 3.8) is 0 Å². The number of piperidine rings is 1. The molecule has 0 aromatic heterocycles. The predicted octanol–water partition coefficient (Wildman–Crippen LogP) is 1.76. The van der Waals surface area contributed by atoms with Crippen molar-refractivity contribution in [3.8, 4) is 0 Å². The molecule has 26 heavy (non-hydrogen) atoms. The topological polar surface area (TPSA) is 104 Å². The number of aryl methyl sites for hydroxylation is 1. The highest BCUT2D eigenvalue weighted by Crippen LogP contribution is 2.28. The van der Waals surface area contributed by atoms with E-state index in [1.165, 1.54) is 10.4 Å². The van der Waals surface area contributed by atoms with Crippen LogP contribution in [0, 0.1) is 12.8 Å². The van der Waals surface area contributed by atoms with E-state index in [0.717, 1.165) is 19.3 Å². The van der Waals surface area contributed by atoms with Crippen LogP contribution in [0.3, 0.4) is 0 Å². The zero-order valence-electron chi connectivity index (χ0n) is 14.8. The average Bonchev–Trinajstić information content (AvgIpc) is 2.58. The fraction of sp³-hybridized carbons (Fsp3) is 0.556. The Balaban J connectivity index is 1.75. The Labute approximate surface area is 153 Å². The van der Waals surface area contributed by atoms with Crippen molar-refractivity contribution in [2.45, 2.75) is 50.0 Å². The van der Waals surface area contributed by atoms with Crippen LogP contribution >= 0.6 is 0 Å². The van der Waals surface area contributed by atoms with E-state index in [1.807, 2.05) is 0 Å². The third-order valence-corrected chi connectivity index (χ3v) is 7.12. The molecule has 3 rings (SSSR count). The van der Waals surface area contributed by atoms with Gasteiger partial charge in [0.25, 0.3) is 5.91 Å². The normalized spacial score (nSPS) is 23.9. The minimum Gasteiger partial charge on any atom is -0.481 e. The number of nitrogens with zero attached hydrogens (tertiary/aromatic N) is 1. The van der Waals surface area contributed by atoms with Crippen LogP contribution in [0.1, 0.15) is 48.0 Å². The summed E-state index contributed by atoms with van der Waals surface area (Å²) in [6.07, 6.45) is 3.56. The molecule has 1 saturated carbocycles. The maximum Gasteiger partial charge on any atom is 0.306 e. The quantitative estimate of drug-likeness (QED) is 0.810. The molecule has 2 N–H and O–H groups in total. The first-order valence-electron chi connectivity index (χ1n) is 8.93. The van der Waals surface area contributed by atoms with Crippen molar-refractivity contribution in [1.29, 1.82) is 0 Å². The van der Waals surface area contributed by atoms with Gasteiger partial charge < -0.3 is 10.4 Å². The molecule has 1 aromatic carbocycles. The van der Waals surface area contributed by atoms with Crippen LogP contribution < -0.4 is 5.32 Å². The Hall–Kier alpha value is -1.93. The van der Waals surface area contributed by atoms with Gasteiger partial charge in [-0.1, -0.05) is 12.5 Å². The maximum atomic E-state index is 12.8. The molecule has 8 heteroatoms. The lowest BCUT2D eigenvalue weighted by Gasteiger charge is -2.33. The summed E-state index contributed by atoms with van der Waals surface area (Å²) in [4.78, 5) is 23.5. The summed E-state index contributed by atoms with van der Waals surface area (Å²) in [6.45, 7) is 2.78. The second-order valence-corrected chi connectivity index (χ2v) is 9.06. The number of hydrogen-bond acceptors (Lipinski definition) is 4. The molecule has 0 unspecified atom stereocenters. The number of sulfonamides is 1. The van der Waals surface area contributed by atoms with Gasteiger partial charge in [-0.25, -0.2) is 8.42 Å². The van der Waals surface area contributed by atoms with E-state index < -0.39 is 21.9 Å². The largest absolute Gasteiger partial charge is 0.481 e. The Kier molecular flexibility index (Phi) is 5.34. The lowest BCUT2D eigenvalue weighted by atomic mass is 9.80. The fourth-order valence-corrected chi connectivity index (χ4v) is 5.00. The maximum absolute atomic E-state index is 12.8. The summed E-state index contributed by atoms with van der Waals surface area (Å²) in [5.74, 6) is -1.61. The summed E-state index contributed by atoms with van der Waals surface area (Å²) >= 11 is 0. The molecule has 1 heterocycles. The summed E-state index contributed by atoms with van der Waals surface area (Å²) in [5.41, 5.74) is 1.01. The molecule has 1 saturated heterocycles. The van der Waals surface area contributed by atoms with Gasteiger partial charge in [0, 0.05) is 24.7 Å². The second kappa shape index (κ2) is 7.36. The second-order valence-electron chi connectivity index (χ2n) is 7.12. The van der Waals surface area contributed by atoms with Crippen molar-refractivity contribution in [2.24, 2.45) is 5.92 Å². The third-order valence-electron chi connectivity index (χ3n) is 5.23.